The number of nitrogens with one attached hydrogen (secondary N) is 3. The van der Waals surface area contributed by atoms with Crippen molar-refractivity contribution in [1.29, 1.82) is 5.41 Å². The van der Waals surface area contributed by atoms with Crippen LogP contribution in [0.15, 0.2) is 15.4 Å². The van der Waals surface area contributed by atoms with Crippen molar-refractivity contribution < 1.29 is 14.8 Å². The molecule has 0 saturated carbocycles. The molecule has 0 aromatic rings. The molecule has 0 atom stereocenters. The lowest BCUT2D eigenvalue weighted by atomic mass is 10.3. The number of rotatable bonds is 4. The number of carbonyl (C=O) groups is 2. The van der Waals surface area contributed by atoms with Gasteiger partial charge in [0.15, 0.2) is 0 Å². The van der Waals surface area contributed by atoms with E-state index in [-0.39, 0.29) is 22.8 Å². The Morgan fingerprint density at radius 2 is 1.32 bits per heavy atom. The quantitative estimate of drug-likeness (QED) is 0.244. The summed E-state index contributed by atoms with van der Waals surface area (Å²) in [5.74, 6) is -2.04. The van der Waals surface area contributed by atoms with Crippen LogP contribution in [-0.4, -0.2) is 39.9 Å². The first-order valence-corrected chi connectivity index (χ1v) is 5.23. The predicted octanol–water partition coefficient (Wildman–Crippen LogP) is -0.140. The Morgan fingerprint density at radius 1 is 0.895 bits per heavy atom. The molecule has 4 N–H and O–H groups in total. The van der Waals surface area contributed by atoms with Gasteiger partial charge in [0.25, 0.3) is 0 Å². The van der Waals surface area contributed by atoms with Crippen molar-refractivity contribution in [3.05, 3.63) is 0 Å². The number of hydrazone groups is 2. The summed E-state index contributed by atoms with van der Waals surface area (Å²) < 4.78 is 0. The number of nitrogens with zero attached hydrogens (tertiary/aromatic N) is 3. The largest absolute Gasteiger partial charge is 0.411 e. The van der Waals surface area contributed by atoms with Gasteiger partial charge in [0.05, 0.1) is 22.8 Å². The summed E-state index contributed by atoms with van der Waals surface area (Å²) in [6, 6.07) is 0. The average molecular weight is 268 g/mol. The molecule has 0 fully saturated rings. The first kappa shape index (κ1) is 16.4. The van der Waals surface area contributed by atoms with E-state index in [1.165, 1.54) is 27.7 Å². The Balaban J connectivity index is 4.50. The Morgan fingerprint density at radius 3 is 1.68 bits per heavy atom. The van der Waals surface area contributed by atoms with Gasteiger partial charge in [-0.1, -0.05) is 5.16 Å². The van der Waals surface area contributed by atoms with Gasteiger partial charge in [-0.2, -0.15) is 10.2 Å². The molecule has 104 valence electrons. The summed E-state index contributed by atoms with van der Waals surface area (Å²) in [5.41, 5.74) is 4.85. The van der Waals surface area contributed by atoms with Crippen molar-refractivity contribution in [3.8, 4) is 0 Å². The van der Waals surface area contributed by atoms with Gasteiger partial charge in [0.2, 0.25) is 0 Å². The molecular weight excluding hydrogens is 252 g/mol. The van der Waals surface area contributed by atoms with Crippen molar-refractivity contribution >= 4 is 34.7 Å². The third kappa shape index (κ3) is 6.05. The van der Waals surface area contributed by atoms with Crippen molar-refractivity contribution in [3.63, 3.8) is 0 Å². The summed E-state index contributed by atoms with van der Waals surface area (Å²) in [7, 11) is 0. The van der Waals surface area contributed by atoms with Gasteiger partial charge in [-0.05, 0) is 27.7 Å². The molecule has 0 heterocycles. The molecule has 0 aromatic heterocycles. The molecule has 0 unspecified atom stereocenters. The highest BCUT2D eigenvalue weighted by atomic mass is 16.4. The molecule has 0 aliphatic rings. The number of carbonyl (C=O) groups excluding carboxylic acids is 2. The van der Waals surface area contributed by atoms with Crippen LogP contribution in [0, 0.1) is 5.41 Å². The molecule has 19 heavy (non-hydrogen) atoms. The van der Waals surface area contributed by atoms with Crippen molar-refractivity contribution in [2.45, 2.75) is 27.7 Å². The minimum atomic E-state index is -1.02. The zero-order valence-electron chi connectivity index (χ0n) is 11.1. The van der Waals surface area contributed by atoms with E-state index in [4.69, 9.17) is 10.6 Å². The van der Waals surface area contributed by atoms with Gasteiger partial charge in [-0.3, -0.25) is 9.59 Å². The second-order valence-electron chi connectivity index (χ2n) is 3.59. The van der Waals surface area contributed by atoms with E-state index in [1.807, 2.05) is 10.9 Å². The fourth-order valence-electron chi connectivity index (χ4n) is 0.608. The van der Waals surface area contributed by atoms with Crippen LogP contribution in [0.1, 0.15) is 27.7 Å². The van der Waals surface area contributed by atoms with Gasteiger partial charge in [0.1, 0.15) is 0 Å². The molecule has 0 aliphatic heterocycles. The van der Waals surface area contributed by atoms with E-state index in [0.29, 0.717) is 0 Å². The molecule has 0 rings (SSSR count). The smallest absolute Gasteiger partial charge is 0.331 e. The number of hydrogen-bond acceptors (Lipinski definition) is 7. The van der Waals surface area contributed by atoms with Crippen LogP contribution >= 0.6 is 0 Å². The van der Waals surface area contributed by atoms with Crippen LogP contribution in [0.4, 0.5) is 0 Å². The Bertz CT molecular complexity index is 478. The fourth-order valence-corrected chi connectivity index (χ4v) is 0.608. The maximum atomic E-state index is 11.3. The topological polar surface area (TPSA) is 139 Å². The van der Waals surface area contributed by atoms with E-state index in [1.54, 1.807) is 0 Å². The molecule has 0 spiro atoms. The van der Waals surface area contributed by atoms with E-state index >= 15 is 0 Å². The SMILES string of the molecule is CC(=N)/C(C)=N/NC(=O)C(=O)N/N=C(C)/C(C)=N/O. The molecular formula is C10H16N6O3. The standard InChI is InChI=1S/C10H16N6O3/c1-5(11)6(2)12-14-9(17)10(18)15-13-7(3)8(4)16-19/h11,19H,1-4H3,(H,14,17)(H,15,18)/b11-5?,12-6+,13-7+,16-8+. The second-order valence-corrected chi connectivity index (χ2v) is 3.59. The third-order valence-electron chi connectivity index (χ3n) is 2.07. The Kier molecular flexibility index (Phi) is 6.65. The predicted molar refractivity (Wildman–Crippen MR) is 70.8 cm³/mol. The summed E-state index contributed by atoms with van der Waals surface area (Å²) in [6.45, 7) is 5.99. The lowest BCUT2D eigenvalue weighted by Crippen LogP contribution is -2.36. The summed E-state index contributed by atoms with van der Waals surface area (Å²) >= 11 is 0. The molecule has 0 radical (unpaired) electrons. The average Bonchev–Trinajstić information content (AvgIpc) is 2.39. The minimum Gasteiger partial charge on any atom is -0.411 e. The zero-order chi connectivity index (χ0) is 15.0. The van der Waals surface area contributed by atoms with E-state index in [9.17, 15) is 9.59 Å². The van der Waals surface area contributed by atoms with Crippen LogP contribution in [0.25, 0.3) is 0 Å². The van der Waals surface area contributed by atoms with Crippen molar-refractivity contribution in [2.24, 2.45) is 15.4 Å². The highest BCUT2D eigenvalue weighted by Gasteiger charge is 2.12. The monoisotopic (exact) mass is 268 g/mol. The molecule has 0 bridgehead atoms. The fraction of sp³-hybridized carbons (Fsp3) is 0.400. The maximum absolute atomic E-state index is 11.3. The van der Waals surface area contributed by atoms with Gasteiger partial charge in [-0.15, -0.1) is 0 Å². The highest BCUT2D eigenvalue weighted by molar-refractivity contribution is 6.41. The number of amides is 2. The molecule has 2 amide bonds. The van der Waals surface area contributed by atoms with Crippen molar-refractivity contribution in [2.75, 3.05) is 0 Å². The third-order valence-corrected chi connectivity index (χ3v) is 2.07. The van der Waals surface area contributed by atoms with E-state index in [0.717, 1.165) is 0 Å². The first-order chi connectivity index (χ1) is 8.79. The van der Waals surface area contributed by atoms with E-state index in [2.05, 4.69) is 15.4 Å². The Hall–Kier alpha value is -2.58. The molecule has 9 nitrogen and oxygen atoms in total. The molecule has 0 aliphatic carbocycles. The van der Waals surface area contributed by atoms with Gasteiger partial charge in [-0.25, -0.2) is 10.9 Å². The van der Waals surface area contributed by atoms with Crippen LogP contribution in [0.3, 0.4) is 0 Å². The number of oxime groups is 1. The Labute approximate surface area is 110 Å². The molecule has 0 saturated heterocycles. The van der Waals surface area contributed by atoms with Crippen LogP contribution < -0.4 is 10.9 Å². The van der Waals surface area contributed by atoms with Gasteiger partial charge in [0, 0.05) is 0 Å². The van der Waals surface area contributed by atoms with Crippen molar-refractivity contribution in [1.82, 2.24) is 10.9 Å². The normalized spacial score (nSPS) is 12.9. The molecule has 9 heteroatoms. The molecule has 0 aromatic carbocycles. The zero-order valence-corrected chi connectivity index (χ0v) is 11.1. The number of hydrogen-bond donors (Lipinski definition) is 4. The first-order valence-electron chi connectivity index (χ1n) is 5.23. The lowest BCUT2D eigenvalue weighted by Gasteiger charge is -2.01. The lowest BCUT2D eigenvalue weighted by molar-refractivity contribution is -0.139. The highest BCUT2D eigenvalue weighted by Crippen LogP contribution is 1.82. The summed E-state index contributed by atoms with van der Waals surface area (Å²) in [5, 5.41) is 25.6. The minimum absolute atomic E-state index is 0.171. The maximum Gasteiger partial charge on any atom is 0.331 e. The van der Waals surface area contributed by atoms with Gasteiger partial charge >= 0.3 is 11.8 Å². The second kappa shape index (κ2) is 7.69. The summed E-state index contributed by atoms with van der Waals surface area (Å²) in [4.78, 5) is 22.6. The van der Waals surface area contributed by atoms with Crippen LogP contribution in [0.5, 0.6) is 0 Å². The summed E-state index contributed by atoms with van der Waals surface area (Å²) in [6.07, 6.45) is 0. The van der Waals surface area contributed by atoms with E-state index < -0.39 is 11.8 Å². The van der Waals surface area contributed by atoms with Crippen LogP contribution in [0.2, 0.25) is 0 Å². The van der Waals surface area contributed by atoms with Gasteiger partial charge < -0.3 is 10.6 Å². The van der Waals surface area contributed by atoms with Crippen LogP contribution in [-0.2, 0) is 9.59 Å².